The molecule has 6 heteroatoms. The number of amides is 2. The van der Waals surface area contributed by atoms with E-state index < -0.39 is 6.04 Å². The van der Waals surface area contributed by atoms with Gasteiger partial charge in [-0.2, -0.15) is 0 Å². The largest absolute Gasteiger partial charge is 0.371 e. The fourth-order valence-corrected chi connectivity index (χ4v) is 4.16. The Morgan fingerprint density at radius 1 is 1.16 bits per heavy atom. The number of rotatable bonds is 6. The summed E-state index contributed by atoms with van der Waals surface area (Å²) < 4.78 is 1.07. The zero-order valence-electron chi connectivity index (χ0n) is 18.7. The predicted molar refractivity (Wildman–Crippen MR) is 130 cm³/mol. The van der Waals surface area contributed by atoms with E-state index in [-0.39, 0.29) is 17.2 Å². The monoisotopic (exact) mass is 485 g/mol. The van der Waals surface area contributed by atoms with E-state index in [1.807, 2.05) is 36.4 Å². The van der Waals surface area contributed by atoms with Crippen molar-refractivity contribution in [3.63, 3.8) is 0 Å². The van der Waals surface area contributed by atoms with Gasteiger partial charge < -0.3 is 15.5 Å². The third kappa shape index (κ3) is 6.33. The Hall–Kier alpha value is -2.34. The van der Waals surface area contributed by atoms with Crippen LogP contribution in [-0.2, 0) is 10.2 Å². The molecule has 0 spiro atoms. The van der Waals surface area contributed by atoms with Gasteiger partial charge in [-0.3, -0.25) is 9.59 Å². The Labute approximate surface area is 193 Å². The summed E-state index contributed by atoms with van der Waals surface area (Å²) in [5.74, 6) is 0.0150. The molecule has 2 aromatic rings. The van der Waals surface area contributed by atoms with Crippen molar-refractivity contribution in [3.05, 3.63) is 64.1 Å². The minimum absolute atomic E-state index is 0.0367. The molecule has 2 unspecified atom stereocenters. The van der Waals surface area contributed by atoms with Gasteiger partial charge in [0.05, 0.1) is 0 Å². The first-order valence-corrected chi connectivity index (χ1v) is 11.6. The van der Waals surface area contributed by atoms with Gasteiger partial charge in [0, 0.05) is 35.4 Å². The van der Waals surface area contributed by atoms with E-state index in [9.17, 15) is 9.59 Å². The van der Waals surface area contributed by atoms with E-state index in [1.165, 1.54) is 11.3 Å². The quantitative estimate of drug-likeness (QED) is 0.632. The standard InChI is InChI=1S/C25H32BrN3O2/c1-17(28-24(31)19-8-10-20(11-9-19)25(2,3)4)23(30)27-15-18-12-13-29(16-18)22-7-5-6-21(26)14-22/h5-11,14,17-18H,12-13,15-16H2,1-4H3,(H,27,30)(H,28,31). The Bertz CT molecular complexity index is 921. The van der Waals surface area contributed by atoms with Crippen molar-refractivity contribution < 1.29 is 9.59 Å². The van der Waals surface area contributed by atoms with Crippen LogP contribution in [0.1, 0.15) is 50.0 Å². The number of nitrogens with one attached hydrogen (secondary N) is 2. The Morgan fingerprint density at radius 2 is 1.87 bits per heavy atom. The molecule has 166 valence electrons. The van der Waals surface area contributed by atoms with Gasteiger partial charge in [-0.15, -0.1) is 0 Å². The zero-order valence-corrected chi connectivity index (χ0v) is 20.3. The average molecular weight is 486 g/mol. The number of halogens is 1. The third-order valence-electron chi connectivity index (χ3n) is 5.78. The highest BCUT2D eigenvalue weighted by Gasteiger charge is 2.24. The molecule has 2 N–H and O–H groups in total. The second kappa shape index (κ2) is 9.86. The number of nitrogens with zero attached hydrogens (tertiary/aromatic N) is 1. The summed E-state index contributed by atoms with van der Waals surface area (Å²) in [7, 11) is 0. The molecule has 31 heavy (non-hydrogen) atoms. The van der Waals surface area contributed by atoms with Gasteiger partial charge in [0.2, 0.25) is 5.91 Å². The van der Waals surface area contributed by atoms with Crippen LogP contribution >= 0.6 is 15.9 Å². The van der Waals surface area contributed by atoms with Gasteiger partial charge in [0.1, 0.15) is 6.04 Å². The lowest BCUT2D eigenvalue weighted by Gasteiger charge is -2.20. The van der Waals surface area contributed by atoms with Gasteiger partial charge >= 0.3 is 0 Å². The van der Waals surface area contributed by atoms with Gasteiger partial charge in [0.25, 0.3) is 5.91 Å². The lowest BCUT2D eigenvalue weighted by atomic mass is 9.86. The van der Waals surface area contributed by atoms with Crippen LogP contribution in [0.3, 0.4) is 0 Å². The lowest BCUT2D eigenvalue weighted by Crippen LogP contribution is -2.46. The number of hydrogen-bond donors (Lipinski definition) is 2. The molecule has 1 aliphatic rings. The van der Waals surface area contributed by atoms with Crippen molar-refractivity contribution in [1.29, 1.82) is 0 Å². The number of carbonyl (C=O) groups excluding carboxylic acids is 2. The molecule has 0 aromatic heterocycles. The smallest absolute Gasteiger partial charge is 0.251 e. The summed E-state index contributed by atoms with van der Waals surface area (Å²) in [6.45, 7) is 10.6. The highest BCUT2D eigenvalue weighted by Crippen LogP contribution is 2.26. The summed E-state index contributed by atoms with van der Waals surface area (Å²) >= 11 is 3.52. The van der Waals surface area contributed by atoms with E-state index in [4.69, 9.17) is 0 Å². The average Bonchev–Trinajstić information content (AvgIpc) is 3.20. The maximum atomic E-state index is 12.5. The molecule has 2 amide bonds. The molecule has 2 aromatic carbocycles. The van der Waals surface area contributed by atoms with Crippen LogP contribution in [0, 0.1) is 5.92 Å². The highest BCUT2D eigenvalue weighted by atomic mass is 79.9. The molecule has 0 bridgehead atoms. The van der Waals surface area contributed by atoms with Crippen molar-refractivity contribution in [2.75, 3.05) is 24.5 Å². The summed E-state index contributed by atoms with van der Waals surface area (Å²) in [6.07, 6.45) is 1.04. The summed E-state index contributed by atoms with van der Waals surface area (Å²) in [5, 5.41) is 5.81. The van der Waals surface area contributed by atoms with Crippen LogP contribution < -0.4 is 15.5 Å². The maximum absolute atomic E-state index is 12.5. The fourth-order valence-electron chi connectivity index (χ4n) is 3.77. The summed E-state index contributed by atoms with van der Waals surface area (Å²) in [5.41, 5.74) is 2.97. The molecule has 0 saturated carbocycles. The summed E-state index contributed by atoms with van der Waals surface area (Å²) in [6, 6.07) is 15.3. The second-order valence-electron chi connectivity index (χ2n) is 9.35. The number of anilines is 1. The lowest BCUT2D eigenvalue weighted by molar-refractivity contribution is -0.122. The van der Waals surface area contributed by atoms with E-state index in [2.05, 4.69) is 64.4 Å². The van der Waals surface area contributed by atoms with Crippen LogP contribution in [0.15, 0.2) is 53.0 Å². The van der Waals surface area contributed by atoms with E-state index >= 15 is 0 Å². The SMILES string of the molecule is CC(NC(=O)c1ccc(C(C)(C)C)cc1)C(=O)NCC1CCN(c2cccc(Br)c2)C1. The van der Waals surface area contributed by atoms with Crippen molar-refractivity contribution in [2.45, 2.75) is 45.6 Å². The predicted octanol–water partition coefficient (Wildman–Crippen LogP) is 4.51. The first-order chi connectivity index (χ1) is 14.6. The van der Waals surface area contributed by atoms with E-state index in [0.29, 0.717) is 18.0 Å². The second-order valence-corrected chi connectivity index (χ2v) is 10.3. The van der Waals surface area contributed by atoms with Gasteiger partial charge in [-0.1, -0.05) is 54.9 Å². The minimum atomic E-state index is -0.586. The Kier molecular flexibility index (Phi) is 7.42. The van der Waals surface area contributed by atoms with Crippen LogP contribution in [0.5, 0.6) is 0 Å². The van der Waals surface area contributed by atoms with Gasteiger partial charge in [0.15, 0.2) is 0 Å². The molecular formula is C25H32BrN3O2. The first-order valence-electron chi connectivity index (χ1n) is 10.8. The van der Waals surface area contributed by atoms with Crippen molar-refractivity contribution in [3.8, 4) is 0 Å². The molecule has 1 heterocycles. The van der Waals surface area contributed by atoms with Crippen LogP contribution in [-0.4, -0.2) is 37.5 Å². The molecule has 3 rings (SSSR count). The first kappa shape index (κ1) is 23.3. The van der Waals surface area contributed by atoms with Gasteiger partial charge in [-0.25, -0.2) is 0 Å². The number of carbonyl (C=O) groups is 2. The molecule has 1 aliphatic heterocycles. The minimum Gasteiger partial charge on any atom is -0.371 e. The molecule has 0 radical (unpaired) electrons. The van der Waals surface area contributed by atoms with Crippen molar-refractivity contribution in [2.24, 2.45) is 5.92 Å². The van der Waals surface area contributed by atoms with Gasteiger partial charge in [-0.05, 0) is 60.6 Å². The Balaban J connectivity index is 1.46. The van der Waals surface area contributed by atoms with Crippen molar-refractivity contribution >= 4 is 33.4 Å². The molecule has 1 fully saturated rings. The van der Waals surface area contributed by atoms with E-state index in [0.717, 1.165) is 24.0 Å². The number of benzene rings is 2. The fraction of sp³-hybridized carbons (Fsp3) is 0.440. The molecule has 1 saturated heterocycles. The summed E-state index contributed by atoms with van der Waals surface area (Å²) in [4.78, 5) is 27.4. The van der Waals surface area contributed by atoms with Crippen LogP contribution in [0.4, 0.5) is 5.69 Å². The number of hydrogen-bond acceptors (Lipinski definition) is 3. The van der Waals surface area contributed by atoms with Crippen molar-refractivity contribution in [1.82, 2.24) is 10.6 Å². The Morgan fingerprint density at radius 3 is 2.52 bits per heavy atom. The van der Waals surface area contributed by atoms with Crippen LogP contribution in [0.2, 0.25) is 0 Å². The molecule has 5 nitrogen and oxygen atoms in total. The normalized spacial score (nSPS) is 17.3. The maximum Gasteiger partial charge on any atom is 0.251 e. The molecule has 2 atom stereocenters. The third-order valence-corrected chi connectivity index (χ3v) is 6.27. The zero-order chi connectivity index (χ0) is 22.6. The topological polar surface area (TPSA) is 61.4 Å². The molecule has 0 aliphatic carbocycles. The molecular weight excluding hydrogens is 454 g/mol. The highest BCUT2D eigenvalue weighted by molar-refractivity contribution is 9.10. The van der Waals surface area contributed by atoms with E-state index in [1.54, 1.807) is 6.92 Å². The van der Waals surface area contributed by atoms with Crippen LogP contribution in [0.25, 0.3) is 0 Å².